The van der Waals surface area contributed by atoms with Crippen LogP contribution in [0.4, 0.5) is 5.82 Å². The molecule has 0 spiro atoms. The fourth-order valence-corrected chi connectivity index (χ4v) is 4.25. The van der Waals surface area contributed by atoms with Crippen molar-refractivity contribution in [2.45, 2.75) is 50.6 Å². The summed E-state index contributed by atoms with van der Waals surface area (Å²) in [4.78, 5) is 11.9. The highest BCUT2D eigenvalue weighted by Gasteiger charge is 2.29. The smallest absolute Gasteiger partial charge is 0.150 e. The minimum Gasteiger partial charge on any atom is -0.381 e. The van der Waals surface area contributed by atoms with Crippen molar-refractivity contribution in [3.63, 3.8) is 0 Å². The van der Waals surface area contributed by atoms with E-state index >= 15 is 0 Å². The molecule has 3 heterocycles. The maximum absolute atomic E-state index is 5.76. The standard InChI is InChI=1S/C19H30N4O2/c1-2-4-16(3-1)21-18-5-8-20-19(22-18)17-14-25-12-9-23(17)13-15-6-10-24-11-7-15/h5,8,15-17H,1-4,6-7,9-14H2,(H,20,21,22)/t17-/m0/s1. The predicted octanol–water partition coefficient (Wildman–Crippen LogP) is 2.63. The molecule has 2 aliphatic heterocycles. The Morgan fingerprint density at radius 1 is 1.08 bits per heavy atom. The van der Waals surface area contributed by atoms with E-state index < -0.39 is 0 Å². The molecule has 1 aliphatic carbocycles. The molecule has 3 aliphatic rings. The Balaban J connectivity index is 1.43. The first-order valence-corrected chi connectivity index (χ1v) is 9.87. The molecule has 0 radical (unpaired) electrons. The van der Waals surface area contributed by atoms with Gasteiger partial charge < -0.3 is 14.8 Å². The van der Waals surface area contributed by atoms with Gasteiger partial charge in [-0.05, 0) is 37.7 Å². The Kier molecular flexibility index (Phi) is 5.79. The number of ether oxygens (including phenoxy) is 2. The molecule has 25 heavy (non-hydrogen) atoms. The van der Waals surface area contributed by atoms with Crippen molar-refractivity contribution in [3.8, 4) is 0 Å². The minimum atomic E-state index is 0.168. The van der Waals surface area contributed by atoms with Crippen molar-refractivity contribution in [3.05, 3.63) is 18.1 Å². The fourth-order valence-electron chi connectivity index (χ4n) is 4.25. The summed E-state index contributed by atoms with van der Waals surface area (Å²) in [5, 5.41) is 3.59. The Bertz CT molecular complexity index is 544. The van der Waals surface area contributed by atoms with Gasteiger partial charge in [-0.25, -0.2) is 9.97 Å². The zero-order valence-corrected chi connectivity index (χ0v) is 15.0. The van der Waals surface area contributed by atoms with Gasteiger partial charge in [0, 0.05) is 38.5 Å². The number of hydrogen-bond donors (Lipinski definition) is 1. The molecule has 6 heteroatoms. The lowest BCUT2D eigenvalue weighted by Crippen LogP contribution is -2.43. The lowest BCUT2D eigenvalue weighted by atomic mass is 9.98. The van der Waals surface area contributed by atoms with E-state index in [1.165, 1.54) is 25.7 Å². The monoisotopic (exact) mass is 346 g/mol. The number of hydrogen-bond acceptors (Lipinski definition) is 6. The van der Waals surface area contributed by atoms with E-state index in [0.29, 0.717) is 18.6 Å². The number of nitrogens with one attached hydrogen (secondary N) is 1. The Morgan fingerprint density at radius 3 is 2.76 bits per heavy atom. The molecule has 1 aromatic rings. The fraction of sp³-hybridized carbons (Fsp3) is 0.789. The van der Waals surface area contributed by atoms with Crippen LogP contribution in [0.25, 0.3) is 0 Å². The van der Waals surface area contributed by atoms with Crippen molar-refractivity contribution in [2.75, 3.05) is 44.8 Å². The van der Waals surface area contributed by atoms with Gasteiger partial charge in [0.25, 0.3) is 0 Å². The molecule has 138 valence electrons. The molecule has 0 aromatic carbocycles. The van der Waals surface area contributed by atoms with E-state index in [1.54, 1.807) is 0 Å². The van der Waals surface area contributed by atoms with Crippen molar-refractivity contribution < 1.29 is 9.47 Å². The van der Waals surface area contributed by atoms with E-state index in [4.69, 9.17) is 14.5 Å². The molecule has 4 rings (SSSR count). The molecule has 1 atom stereocenters. The summed E-state index contributed by atoms with van der Waals surface area (Å²) in [7, 11) is 0. The van der Waals surface area contributed by atoms with Gasteiger partial charge in [0.2, 0.25) is 0 Å². The highest BCUT2D eigenvalue weighted by molar-refractivity contribution is 5.35. The SMILES string of the molecule is c1cc(NC2CCCC2)nc([C@@H]2COCCN2CC2CCOCC2)n1. The summed E-state index contributed by atoms with van der Waals surface area (Å²) in [6.07, 6.45) is 9.36. The molecule has 1 N–H and O–H groups in total. The molecule has 0 amide bonds. The predicted molar refractivity (Wildman–Crippen MR) is 96.6 cm³/mol. The van der Waals surface area contributed by atoms with E-state index in [0.717, 1.165) is 57.4 Å². The number of anilines is 1. The van der Waals surface area contributed by atoms with Crippen LogP contribution in [0.15, 0.2) is 12.3 Å². The molecule has 1 saturated carbocycles. The highest BCUT2D eigenvalue weighted by atomic mass is 16.5. The topological polar surface area (TPSA) is 59.5 Å². The number of rotatable bonds is 5. The molecule has 3 fully saturated rings. The minimum absolute atomic E-state index is 0.168. The normalized spacial score (nSPS) is 26.8. The number of morpholine rings is 1. The average molecular weight is 346 g/mol. The average Bonchev–Trinajstić information content (AvgIpc) is 3.16. The van der Waals surface area contributed by atoms with Crippen molar-refractivity contribution >= 4 is 5.82 Å². The summed E-state index contributed by atoms with van der Waals surface area (Å²) in [6, 6.07) is 2.74. The Hall–Kier alpha value is -1.24. The zero-order chi connectivity index (χ0) is 16.9. The molecular formula is C19H30N4O2. The van der Waals surface area contributed by atoms with Gasteiger partial charge in [-0.15, -0.1) is 0 Å². The Morgan fingerprint density at radius 2 is 1.92 bits per heavy atom. The van der Waals surface area contributed by atoms with Crippen LogP contribution >= 0.6 is 0 Å². The van der Waals surface area contributed by atoms with Crippen LogP contribution in [-0.4, -0.2) is 60.4 Å². The second-order valence-corrected chi connectivity index (χ2v) is 7.57. The zero-order valence-electron chi connectivity index (χ0n) is 15.0. The summed E-state index contributed by atoms with van der Waals surface area (Å²) >= 11 is 0. The van der Waals surface area contributed by atoms with Crippen LogP contribution in [0.5, 0.6) is 0 Å². The molecule has 0 unspecified atom stereocenters. The van der Waals surface area contributed by atoms with Gasteiger partial charge in [0.1, 0.15) is 11.6 Å². The highest BCUT2D eigenvalue weighted by Crippen LogP contribution is 2.27. The molecule has 0 bridgehead atoms. The van der Waals surface area contributed by atoms with Gasteiger partial charge in [-0.2, -0.15) is 0 Å². The summed E-state index contributed by atoms with van der Waals surface area (Å²) < 4.78 is 11.3. The van der Waals surface area contributed by atoms with Crippen LogP contribution in [0.2, 0.25) is 0 Å². The first kappa shape index (κ1) is 17.2. The quantitative estimate of drug-likeness (QED) is 0.884. The van der Waals surface area contributed by atoms with Crippen LogP contribution in [-0.2, 0) is 9.47 Å². The Labute approximate surface area is 150 Å². The van der Waals surface area contributed by atoms with Crippen LogP contribution < -0.4 is 5.32 Å². The molecule has 2 saturated heterocycles. The first-order valence-electron chi connectivity index (χ1n) is 9.87. The van der Waals surface area contributed by atoms with Gasteiger partial charge in [0.15, 0.2) is 0 Å². The van der Waals surface area contributed by atoms with Gasteiger partial charge in [0.05, 0.1) is 19.3 Å². The lowest BCUT2D eigenvalue weighted by molar-refractivity contribution is -0.0295. The van der Waals surface area contributed by atoms with Crippen LogP contribution in [0.1, 0.15) is 50.4 Å². The summed E-state index contributed by atoms with van der Waals surface area (Å²) in [5.74, 6) is 2.58. The van der Waals surface area contributed by atoms with Gasteiger partial charge in [-0.3, -0.25) is 4.90 Å². The third kappa shape index (κ3) is 4.49. The van der Waals surface area contributed by atoms with E-state index in [-0.39, 0.29) is 6.04 Å². The number of aromatic nitrogens is 2. The van der Waals surface area contributed by atoms with Crippen molar-refractivity contribution in [1.82, 2.24) is 14.9 Å². The van der Waals surface area contributed by atoms with E-state index in [1.807, 2.05) is 12.3 Å². The maximum Gasteiger partial charge on any atom is 0.150 e. The van der Waals surface area contributed by atoms with Gasteiger partial charge in [-0.1, -0.05) is 12.8 Å². The largest absolute Gasteiger partial charge is 0.381 e. The molecular weight excluding hydrogens is 316 g/mol. The van der Waals surface area contributed by atoms with Crippen LogP contribution in [0, 0.1) is 5.92 Å². The number of nitrogens with zero attached hydrogens (tertiary/aromatic N) is 3. The first-order chi connectivity index (χ1) is 12.4. The van der Waals surface area contributed by atoms with Gasteiger partial charge >= 0.3 is 0 Å². The summed E-state index contributed by atoms with van der Waals surface area (Å²) in [6.45, 7) is 5.36. The summed E-state index contributed by atoms with van der Waals surface area (Å²) in [5.41, 5.74) is 0. The van der Waals surface area contributed by atoms with Crippen molar-refractivity contribution in [2.24, 2.45) is 5.92 Å². The third-order valence-corrected chi connectivity index (χ3v) is 5.75. The second kappa shape index (κ2) is 8.43. The maximum atomic E-state index is 5.76. The van der Waals surface area contributed by atoms with Crippen molar-refractivity contribution in [1.29, 1.82) is 0 Å². The van der Waals surface area contributed by atoms with E-state index in [9.17, 15) is 0 Å². The molecule has 6 nitrogen and oxygen atoms in total. The molecule has 1 aromatic heterocycles. The van der Waals surface area contributed by atoms with E-state index in [2.05, 4.69) is 15.2 Å². The third-order valence-electron chi connectivity index (χ3n) is 5.75. The van der Waals surface area contributed by atoms with Crippen LogP contribution in [0.3, 0.4) is 0 Å². The second-order valence-electron chi connectivity index (χ2n) is 7.57. The lowest BCUT2D eigenvalue weighted by Gasteiger charge is -2.37.